The van der Waals surface area contributed by atoms with Crippen molar-refractivity contribution in [3.8, 4) is 0 Å². The zero-order valence-corrected chi connectivity index (χ0v) is 18.0. The van der Waals surface area contributed by atoms with Crippen LogP contribution in [0.3, 0.4) is 0 Å². The van der Waals surface area contributed by atoms with Gasteiger partial charge in [0.1, 0.15) is 5.82 Å². The lowest BCUT2D eigenvalue weighted by Crippen LogP contribution is -2.21. The Morgan fingerprint density at radius 1 is 1.17 bits per heavy atom. The summed E-state index contributed by atoms with van der Waals surface area (Å²) in [6.07, 6.45) is 4.27. The molecule has 4 rings (SSSR count). The fraction of sp³-hybridized carbons (Fsp3) is 0.435. The third-order valence-electron chi connectivity index (χ3n) is 5.62. The molecule has 6 heteroatoms. The van der Waals surface area contributed by atoms with E-state index in [0.717, 1.165) is 67.4 Å². The average molecular weight is 412 g/mol. The number of hydrogen-bond donors (Lipinski definition) is 0. The van der Waals surface area contributed by atoms with Crippen molar-refractivity contribution in [2.75, 3.05) is 24.6 Å². The maximum atomic E-state index is 12.9. The first-order valence-electron chi connectivity index (χ1n) is 10.4. The van der Waals surface area contributed by atoms with Crippen molar-refractivity contribution in [1.82, 2.24) is 9.55 Å². The van der Waals surface area contributed by atoms with Crippen LogP contribution in [0.2, 0.25) is 0 Å². The molecule has 5 nitrogen and oxygen atoms in total. The topological polar surface area (TPSA) is 47.4 Å². The van der Waals surface area contributed by atoms with Crippen LogP contribution < -0.4 is 4.31 Å². The molecule has 1 aliphatic rings. The van der Waals surface area contributed by atoms with Gasteiger partial charge < -0.3 is 9.30 Å². The van der Waals surface area contributed by atoms with E-state index in [1.807, 2.05) is 41.7 Å². The molecule has 2 aromatic carbocycles. The van der Waals surface area contributed by atoms with Gasteiger partial charge in [0.25, 0.3) is 0 Å². The third kappa shape index (κ3) is 4.38. The quantitative estimate of drug-likeness (QED) is 0.572. The predicted molar refractivity (Wildman–Crippen MR) is 119 cm³/mol. The minimum Gasteiger partial charge on any atom is -0.381 e. The number of rotatable bonds is 7. The number of hydrogen-bond acceptors (Lipinski definition) is 3. The molecule has 1 unspecified atom stereocenters. The van der Waals surface area contributed by atoms with Gasteiger partial charge >= 0.3 is 0 Å². The van der Waals surface area contributed by atoms with Crippen molar-refractivity contribution >= 4 is 27.7 Å². The van der Waals surface area contributed by atoms with Gasteiger partial charge in [0.15, 0.2) is 11.0 Å². The Bertz CT molecular complexity index is 980. The number of aromatic nitrogens is 2. The summed E-state index contributed by atoms with van der Waals surface area (Å²) in [6.45, 7) is 4.92. The number of imidazole rings is 1. The molecule has 3 aromatic rings. The van der Waals surface area contributed by atoms with Crippen LogP contribution in [0.15, 0.2) is 53.4 Å². The Morgan fingerprint density at radius 3 is 2.66 bits per heavy atom. The van der Waals surface area contributed by atoms with Gasteiger partial charge in [0.05, 0.1) is 21.6 Å². The molecule has 29 heavy (non-hydrogen) atoms. The maximum absolute atomic E-state index is 12.9. The maximum Gasteiger partial charge on any atom is 0.152 e. The monoisotopic (exact) mass is 411 g/mol. The summed E-state index contributed by atoms with van der Waals surface area (Å²) in [6, 6.07) is 15.8. The molecule has 0 N–H and O–H groups in total. The van der Waals surface area contributed by atoms with Gasteiger partial charge in [-0.3, -0.25) is 4.31 Å². The van der Waals surface area contributed by atoms with Crippen molar-refractivity contribution in [3.63, 3.8) is 0 Å². The predicted octanol–water partition coefficient (Wildman–Crippen LogP) is 4.57. The SMILES string of the molecule is CCCc1nc2cc(N(C)S(=O)c3ccccc3)ccc2n1CC1CCOCC1. The number of anilines is 1. The van der Waals surface area contributed by atoms with Gasteiger partial charge in [-0.1, -0.05) is 25.1 Å². The van der Waals surface area contributed by atoms with E-state index in [2.05, 4.69) is 29.7 Å². The van der Waals surface area contributed by atoms with Crippen LogP contribution in [0.5, 0.6) is 0 Å². The van der Waals surface area contributed by atoms with Gasteiger partial charge in [0.2, 0.25) is 0 Å². The summed E-state index contributed by atoms with van der Waals surface area (Å²) in [5, 5.41) is 0. The van der Waals surface area contributed by atoms with Crippen molar-refractivity contribution in [1.29, 1.82) is 0 Å². The summed E-state index contributed by atoms with van der Waals surface area (Å²) in [5.74, 6) is 1.79. The number of nitrogens with zero attached hydrogens (tertiary/aromatic N) is 3. The Morgan fingerprint density at radius 2 is 1.93 bits per heavy atom. The van der Waals surface area contributed by atoms with Gasteiger partial charge in [0, 0.05) is 33.2 Å². The first-order valence-corrected chi connectivity index (χ1v) is 11.6. The standard InChI is InChI=1S/C23H29N3O2S/c1-3-7-23-24-21-16-19(25(2)29(27)20-8-5-4-6-9-20)10-11-22(21)26(23)17-18-12-14-28-15-13-18/h4-6,8-11,16,18H,3,7,12-15,17H2,1-2H3. The molecule has 0 bridgehead atoms. The van der Waals surface area contributed by atoms with E-state index in [-0.39, 0.29) is 0 Å². The van der Waals surface area contributed by atoms with Crippen LogP contribution in [0, 0.1) is 5.92 Å². The second kappa shape index (κ2) is 9.09. The Kier molecular flexibility index (Phi) is 6.31. The molecule has 0 amide bonds. The van der Waals surface area contributed by atoms with Crippen LogP contribution >= 0.6 is 0 Å². The molecule has 0 radical (unpaired) electrons. The second-order valence-electron chi connectivity index (χ2n) is 7.68. The number of aryl methyl sites for hydroxylation is 1. The highest BCUT2D eigenvalue weighted by Gasteiger charge is 2.19. The number of benzene rings is 2. The lowest BCUT2D eigenvalue weighted by atomic mass is 10.00. The first-order chi connectivity index (χ1) is 14.2. The smallest absolute Gasteiger partial charge is 0.152 e. The van der Waals surface area contributed by atoms with E-state index in [1.54, 1.807) is 0 Å². The zero-order chi connectivity index (χ0) is 20.2. The summed E-state index contributed by atoms with van der Waals surface area (Å²) in [5.41, 5.74) is 3.07. The van der Waals surface area contributed by atoms with Gasteiger partial charge in [-0.2, -0.15) is 0 Å². The van der Waals surface area contributed by atoms with Crippen LogP contribution in [-0.2, 0) is 28.7 Å². The van der Waals surface area contributed by atoms with Gasteiger partial charge in [-0.05, 0) is 55.5 Å². The van der Waals surface area contributed by atoms with E-state index in [0.29, 0.717) is 5.92 Å². The molecule has 1 fully saturated rings. The lowest BCUT2D eigenvalue weighted by Gasteiger charge is -2.23. The molecule has 1 saturated heterocycles. The summed E-state index contributed by atoms with van der Waals surface area (Å²) >= 11 is 0. The van der Waals surface area contributed by atoms with E-state index in [4.69, 9.17) is 9.72 Å². The van der Waals surface area contributed by atoms with E-state index < -0.39 is 11.0 Å². The largest absolute Gasteiger partial charge is 0.381 e. The highest BCUT2D eigenvalue weighted by molar-refractivity contribution is 7.86. The second-order valence-corrected chi connectivity index (χ2v) is 9.19. The van der Waals surface area contributed by atoms with Crippen molar-refractivity contribution in [2.45, 2.75) is 44.0 Å². The third-order valence-corrected chi connectivity index (χ3v) is 7.01. The van der Waals surface area contributed by atoms with Gasteiger partial charge in [-0.25, -0.2) is 9.19 Å². The molecular formula is C23H29N3O2S. The average Bonchev–Trinajstić information content (AvgIpc) is 3.10. The molecule has 1 aliphatic heterocycles. The highest BCUT2D eigenvalue weighted by Crippen LogP contribution is 2.27. The van der Waals surface area contributed by atoms with Crippen molar-refractivity contribution in [3.05, 3.63) is 54.4 Å². The van der Waals surface area contributed by atoms with Gasteiger partial charge in [-0.15, -0.1) is 0 Å². The van der Waals surface area contributed by atoms with Crippen LogP contribution in [-0.4, -0.2) is 34.0 Å². The molecule has 0 saturated carbocycles. The molecular weight excluding hydrogens is 382 g/mol. The normalized spacial score (nSPS) is 16.2. The summed E-state index contributed by atoms with van der Waals surface area (Å²) in [4.78, 5) is 5.75. The Hall–Kier alpha value is -2.18. The van der Waals surface area contributed by atoms with E-state index in [9.17, 15) is 4.21 Å². The van der Waals surface area contributed by atoms with Crippen molar-refractivity contribution in [2.24, 2.45) is 5.92 Å². The zero-order valence-electron chi connectivity index (χ0n) is 17.2. The van der Waals surface area contributed by atoms with E-state index >= 15 is 0 Å². The first kappa shape index (κ1) is 20.1. The molecule has 0 spiro atoms. The summed E-state index contributed by atoms with van der Waals surface area (Å²) < 4.78 is 22.7. The lowest BCUT2D eigenvalue weighted by molar-refractivity contribution is 0.0613. The van der Waals surface area contributed by atoms with E-state index in [1.165, 1.54) is 5.52 Å². The molecule has 1 atom stereocenters. The fourth-order valence-corrected chi connectivity index (χ4v) is 4.97. The van der Waals surface area contributed by atoms with Crippen molar-refractivity contribution < 1.29 is 8.95 Å². The molecule has 1 aromatic heterocycles. The minimum absolute atomic E-state index is 0.643. The molecule has 0 aliphatic carbocycles. The molecule has 2 heterocycles. The summed E-state index contributed by atoms with van der Waals surface area (Å²) in [7, 11) is 0.627. The number of fused-ring (bicyclic) bond motifs is 1. The molecule has 154 valence electrons. The van der Waals surface area contributed by atoms with Crippen LogP contribution in [0.25, 0.3) is 11.0 Å². The van der Waals surface area contributed by atoms with Crippen LogP contribution in [0.1, 0.15) is 32.0 Å². The Labute approximate surface area is 175 Å². The minimum atomic E-state index is -1.24. The number of ether oxygens (including phenoxy) is 1. The van der Waals surface area contributed by atoms with Crippen LogP contribution in [0.4, 0.5) is 5.69 Å². The highest BCUT2D eigenvalue weighted by atomic mass is 32.2. The Balaban J connectivity index is 1.64. The fourth-order valence-electron chi connectivity index (χ4n) is 3.96.